The molecular formula is C22H24O. The molecule has 0 N–H and O–H groups in total. The summed E-state index contributed by atoms with van der Waals surface area (Å²) < 4.78 is 6.11. The highest BCUT2D eigenvalue weighted by atomic mass is 16.5. The second kappa shape index (κ2) is 5.88. The maximum atomic E-state index is 6.11. The minimum absolute atomic E-state index is 0.0789. The SMILES string of the molecule is C1=CCOC(C2(Cc3ccccc3)CC=C[C@@]3(C=CCC3)C2)=C1. The first-order chi connectivity index (χ1) is 11.3. The highest BCUT2D eigenvalue weighted by Gasteiger charge is 2.45. The number of benzene rings is 1. The number of hydrogen-bond donors (Lipinski definition) is 0. The molecule has 118 valence electrons. The lowest BCUT2D eigenvalue weighted by Crippen LogP contribution is -2.36. The highest BCUT2D eigenvalue weighted by Crippen LogP contribution is 2.53. The smallest absolute Gasteiger partial charge is 0.106 e. The molecule has 0 bridgehead atoms. The van der Waals surface area contributed by atoms with Crippen molar-refractivity contribution in [3.05, 3.63) is 84.2 Å². The van der Waals surface area contributed by atoms with Crippen LogP contribution in [0.25, 0.3) is 0 Å². The number of rotatable bonds is 3. The molecule has 1 aromatic carbocycles. The van der Waals surface area contributed by atoms with Crippen LogP contribution in [0, 0.1) is 10.8 Å². The molecule has 1 heterocycles. The molecule has 0 radical (unpaired) electrons. The third kappa shape index (κ3) is 2.81. The van der Waals surface area contributed by atoms with E-state index in [0.29, 0.717) is 6.61 Å². The van der Waals surface area contributed by atoms with Gasteiger partial charge in [-0.3, -0.25) is 0 Å². The maximum Gasteiger partial charge on any atom is 0.106 e. The molecule has 0 aromatic heterocycles. The fourth-order valence-corrected chi connectivity index (χ4v) is 4.44. The van der Waals surface area contributed by atoms with Crippen LogP contribution in [0.2, 0.25) is 0 Å². The molecule has 3 aliphatic rings. The first-order valence-electron chi connectivity index (χ1n) is 8.70. The summed E-state index contributed by atoms with van der Waals surface area (Å²) in [4.78, 5) is 0. The molecule has 2 aliphatic carbocycles. The lowest BCUT2D eigenvalue weighted by molar-refractivity contribution is 0.104. The van der Waals surface area contributed by atoms with Gasteiger partial charge in [0.25, 0.3) is 0 Å². The average molecular weight is 304 g/mol. The second-order valence-corrected chi connectivity index (χ2v) is 7.17. The summed E-state index contributed by atoms with van der Waals surface area (Å²) >= 11 is 0. The summed E-state index contributed by atoms with van der Waals surface area (Å²) in [5, 5.41) is 0. The lowest BCUT2D eigenvalue weighted by Gasteiger charge is -2.44. The Bertz CT molecular complexity index is 679. The van der Waals surface area contributed by atoms with Crippen molar-refractivity contribution in [3.63, 3.8) is 0 Å². The zero-order chi connectivity index (χ0) is 15.6. The van der Waals surface area contributed by atoms with Crippen molar-refractivity contribution < 1.29 is 4.74 Å². The molecule has 4 rings (SSSR count). The molecule has 1 heteroatoms. The highest BCUT2D eigenvalue weighted by molar-refractivity contribution is 5.31. The molecular weight excluding hydrogens is 280 g/mol. The quantitative estimate of drug-likeness (QED) is 0.682. The summed E-state index contributed by atoms with van der Waals surface area (Å²) in [6.45, 7) is 0.703. The van der Waals surface area contributed by atoms with E-state index in [2.05, 4.69) is 72.9 Å². The Morgan fingerprint density at radius 1 is 1.00 bits per heavy atom. The fourth-order valence-electron chi connectivity index (χ4n) is 4.44. The molecule has 0 fully saturated rings. The van der Waals surface area contributed by atoms with E-state index in [1.165, 1.54) is 24.2 Å². The summed E-state index contributed by atoms with van der Waals surface area (Å²) in [6.07, 6.45) is 21.8. The maximum absolute atomic E-state index is 6.11. The van der Waals surface area contributed by atoms with Gasteiger partial charge in [-0.25, -0.2) is 0 Å². The van der Waals surface area contributed by atoms with Gasteiger partial charge in [-0.2, -0.15) is 0 Å². The molecule has 0 amide bonds. The van der Waals surface area contributed by atoms with Crippen LogP contribution in [0.3, 0.4) is 0 Å². The van der Waals surface area contributed by atoms with E-state index in [4.69, 9.17) is 4.74 Å². The average Bonchev–Trinajstić information content (AvgIpc) is 3.04. The van der Waals surface area contributed by atoms with Gasteiger partial charge in [0, 0.05) is 10.8 Å². The summed E-state index contributed by atoms with van der Waals surface area (Å²) in [5.41, 5.74) is 1.72. The Balaban J connectivity index is 1.72. The third-order valence-corrected chi connectivity index (χ3v) is 5.48. The number of hydrogen-bond acceptors (Lipinski definition) is 1. The normalized spacial score (nSPS) is 32.1. The lowest BCUT2D eigenvalue weighted by atomic mass is 9.62. The van der Waals surface area contributed by atoms with E-state index < -0.39 is 0 Å². The molecule has 1 spiro atoms. The minimum atomic E-state index is 0.0789. The Kier molecular flexibility index (Phi) is 3.72. The van der Waals surface area contributed by atoms with Gasteiger partial charge < -0.3 is 4.74 Å². The summed E-state index contributed by atoms with van der Waals surface area (Å²) in [5.74, 6) is 1.17. The van der Waals surface area contributed by atoms with Gasteiger partial charge in [0.2, 0.25) is 0 Å². The van der Waals surface area contributed by atoms with Crippen LogP contribution in [-0.2, 0) is 11.2 Å². The molecule has 1 aliphatic heterocycles. The molecule has 1 unspecified atom stereocenters. The van der Waals surface area contributed by atoms with Gasteiger partial charge in [-0.05, 0) is 49.8 Å². The van der Waals surface area contributed by atoms with E-state index in [1.54, 1.807) is 0 Å². The van der Waals surface area contributed by atoms with Crippen LogP contribution in [-0.4, -0.2) is 6.61 Å². The van der Waals surface area contributed by atoms with Gasteiger partial charge >= 0.3 is 0 Å². The third-order valence-electron chi connectivity index (χ3n) is 5.48. The molecule has 1 nitrogen and oxygen atoms in total. The van der Waals surface area contributed by atoms with Gasteiger partial charge in [-0.15, -0.1) is 0 Å². The van der Waals surface area contributed by atoms with Crippen molar-refractivity contribution >= 4 is 0 Å². The Morgan fingerprint density at radius 2 is 1.87 bits per heavy atom. The van der Waals surface area contributed by atoms with Gasteiger partial charge in [-0.1, -0.05) is 60.7 Å². The van der Waals surface area contributed by atoms with Gasteiger partial charge in [0.1, 0.15) is 12.4 Å². The first kappa shape index (κ1) is 14.6. The summed E-state index contributed by atoms with van der Waals surface area (Å²) in [7, 11) is 0. The van der Waals surface area contributed by atoms with Crippen LogP contribution in [0.5, 0.6) is 0 Å². The van der Waals surface area contributed by atoms with Gasteiger partial charge in [0.15, 0.2) is 0 Å². The van der Waals surface area contributed by atoms with E-state index in [-0.39, 0.29) is 10.8 Å². The van der Waals surface area contributed by atoms with Crippen LogP contribution in [0.15, 0.2) is 78.6 Å². The predicted octanol–water partition coefficient (Wildman–Crippen LogP) is 5.37. The minimum Gasteiger partial charge on any atom is -0.493 e. The monoisotopic (exact) mass is 304 g/mol. The Hall–Kier alpha value is -2.02. The molecule has 1 aromatic rings. The van der Waals surface area contributed by atoms with Crippen molar-refractivity contribution in [2.75, 3.05) is 6.61 Å². The molecule has 23 heavy (non-hydrogen) atoms. The zero-order valence-electron chi connectivity index (χ0n) is 13.6. The van der Waals surface area contributed by atoms with E-state index in [0.717, 1.165) is 19.3 Å². The Morgan fingerprint density at radius 3 is 2.61 bits per heavy atom. The second-order valence-electron chi connectivity index (χ2n) is 7.17. The van der Waals surface area contributed by atoms with Gasteiger partial charge in [0.05, 0.1) is 0 Å². The Labute approximate surface area is 139 Å². The predicted molar refractivity (Wildman–Crippen MR) is 94.9 cm³/mol. The van der Waals surface area contributed by atoms with E-state index in [1.807, 2.05) is 0 Å². The summed E-state index contributed by atoms with van der Waals surface area (Å²) in [6, 6.07) is 10.9. The van der Waals surface area contributed by atoms with Crippen LogP contribution in [0.1, 0.15) is 31.2 Å². The van der Waals surface area contributed by atoms with E-state index >= 15 is 0 Å². The van der Waals surface area contributed by atoms with Crippen molar-refractivity contribution in [1.82, 2.24) is 0 Å². The topological polar surface area (TPSA) is 9.23 Å². The fraction of sp³-hybridized carbons (Fsp3) is 0.364. The largest absolute Gasteiger partial charge is 0.493 e. The van der Waals surface area contributed by atoms with E-state index in [9.17, 15) is 0 Å². The van der Waals surface area contributed by atoms with Crippen molar-refractivity contribution in [1.29, 1.82) is 0 Å². The van der Waals surface area contributed by atoms with Crippen LogP contribution < -0.4 is 0 Å². The zero-order valence-corrected chi connectivity index (χ0v) is 13.6. The molecule has 0 saturated carbocycles. The van der Waals surface area contributed by atoms with Crippen LogP contribution in [0.4, 0.5) is 0 Å². The number of allylic oxidation sites excluding steroid dienone is 7. The van der Waals surface area contributed by atoms with Crippen LogP contribution >= 0.6 is 0 Å². The van der Waals surface area contributed by atoms with Crippen molar-refractivity contribution in [2.45, 2.75) is 32.1 Å². The number of ether oxygens (including phenoxy) is 1. The molecule has 0 saturated heterocycles. The molecule has 2 atom stereocenters. The standard InChI is InChI=1S/C22H24O/c1-2-9-19(10-3-1)17-22(20-11-4-7-16-23-20)15-8-14-21(18-22)12-5-6-13-21/h1-5,7-12,14H,6,13,15-18H2/t21-,22?/m0/s1. The van der Waals surface area contributed by atoms with Crippen molar-refractivity contribution in [2.24, 2.45) is 10.8 Å². The first-order valence-corrected chi connectivity index (χ1v) is 8.70. The van der Waals surface area contributed by atoms with Crippen molar-refractivity contribution in [3.8, 4) is 0 Å².